The Balaban J connectivity index is 0.000000427. The number of aliphatic carboxylic acids is 2. The molecule has 0 fully saturated rings. The van der Waals surface area contributed by atoms with E-state index in [-0.39, 0.29) is 0 Å². The molecule has 1 aromatic heterocycles. The summed E-state index contributed by atoms with van der Waals surface area (Å²) in [7, 11) is 0. The number of carbonyl (C=O) groups is 2. The molecule has 3 aromatic rings. The van der Waals surface area contributed by atoms with Gasteiger partial charge in [0.15, 0.2) is 0 Å². The highest BCUT2D eigenvalue weighted by Crippen LogP contribution is 2.32. The molecular formula is C26H24N2O4-2. The van der Waals surface area contributed by atoms with Crippen LogP contribution in [0.3, 0.4) is 0 Å². The number of hydrogen-bond donors (Lipinski definition) is 0. The van der Waals surface area contributed by atoms with Gasteiger partial charge in [-0.3, -0.25) is 4.90 Å². The molecule has 0 atom stereocenters. The predicted molar refractivity (Wildman–Crippen MR) is 121 cm³/mol. The lowest BCUT2D eigenvalue weighted by atomic mass is 9.97. The zero-order valence-corrected chi connectivity index (χ0v) is 17.9. The molecule has 32 heavy (non-hydrogen) atoms. The average Bonchev–Trinajstić information content (AvgIpc) is 2.80. The van der Waals surface area contributed by atoms with Crippen molar-refractivity contribution in [3.63, 3.8) is 0 Å². The Bertz CT molecular complexity index is 1170. The molecule has 0 saturated carbocycles. The SMILES string of the molecule is C=CCN1CC=C(c2cc3ccccc3c(-c3ccccc3C)n2)CC1.O=C([O-])C(=O)[O-]. The summed E-state index contributed by atoms with van der Waals surface area (Å²) in [6.45, 7) is 8.98. The van der Waals surface area contributed by atoms with Crippen molar-refractivity contribution in [2.45, 2.75) is 13.3 Å². The smallest absolute Gasteiger partial charge is 0.0870 e. The van der Waals surface area contributed by atoms with Crippen LogP contribution in [0.2, 0.25) is 0 Å². The number of hydrogen-bond acceptors (Lipinski definition) is 6. The molecule has 0 N–H and O–H groups in total. The first kappa shape index (κ1) is 22.9. The van der Waals surface area contributed by atoms with Gasteiger partial charge in [-0.15, -0.1) is 6.58 Å². The molecule has 164 valence electrons. The first-order chi connectivity index (χ1) is 15.4. The number of pyridine rings is 1. The van der Waals surface area contributed by atoms with Crippen LogP contribution in [0.5, 0.6) is 0 Å². The topological polar surface area (TPSA) is 96.4 Å². The fraction of sp³-hybridized carbons (Fsp3) is 0.192. The van der Waals surface area contributed by atoms with Crippen LogP contribution >= 0.6 is 0 Å². The summed E-state index contributed by atoms with van der Waals surface area (Å²) in [6.07, 6.45) is 5.33. The molecule has 1 aliphatic heterocycles. The highest BCUT2D eigenvalue weighted by atomic mass is 16.4. The largest absolute Gasteiger partial charge is 0.543 e. The molecule has 0 amide bonds. The van der Waals surface area contributed by atoms with Gasteiger partial charge in [-0.25, -0.2) is 4.98 Å². The van der Waals surface area contributed by atoms with E-state index in [9.17, 15) is 0 Å². The lowest BCUT2D eigenvalue weighted by molar-refractivity contribution is -0.345. The first-order valence-electron chi connectivity index (χ1n) is 10.3. The molecule has 2 aromatic carbocycles. The second kappa shape index (κ2) is 10.5. The molecule has 1 aliphatic rings. The van der Waals surface area contributed by atoms with Crippen molar-refractivity contribution in [2.24, 2.45) is 0 Å². The van der Waals surface area contributed by atoms with Crippen LogP contribution in [-0.2, 0) is 9.59 Å². The molecular weight excluding hydrogens is 404 g/mol. The van der Waals surface area contributed by atoms with Gasteiger partial charge in [0.05, 0.1) is 23.3 Å². The van der Waals surface area contributed by atoms with E-state index in [2.05, 4.69) is 79.1 Å². The Kier molecular flexibility index (Phi) is 7.52. The molecule has 6 nitrogen and oxygen atoms in total. The van der Waals surface area contributed by atoms with Gasteiger partial charge in [0.2, 0.25) is 0 Å². The van der Waals surface area contributed by atoms with Gasteiger partial charge < -0.3 is 19.8 Å². The van der Waals surface area contributed by atoms with Crippen LogP contribution in [0.25, 0.3) is 27.6 Å². The molecule has 0 spiro atoms. The number of carboxylic acids is 2. The summed E-state index contributed by atoms with van der Waals surface area (Å²) in [5, 5.41) is 20.3. The van der Waals surface area contributed by atoms with Crippen molar-refractivity contribution >= 4 is 28.3 Å². The number of carboxylic acid groups (broad SMARTS) is 2. The van der Waals surface area contributed by atoms with E-state index >= 15 is 0 Å². The van der Waals surface area contributed by atoms with Gasteiger partial charge in [0.25, 0.3) is 0 Å². The number of aromatic nitrogens is 1. The lowest BCUT2D eigenvalue weighted by Gasteiger charge is -2.25. The number of nitrogens with zero attached hydrogens (tertiary/aromatic N) is 2. The van der Waals surface area contributed by atoms with Gasteiger partial charge in [-0.2, -0.15) is 0 Å². The first-order valence-corrected chi connectivity index (χ1v) is 10.3. The van der Waals surface area contributed by atoms with Crippen LogP contribution in [0.15, 0.2) is 73.3 Å². The normalized spacial score (nSPS) is 13.6. The molecule has 0 aliphatic carbocycles. The van der Waals surface area contributed by atoms with Crippen LogP contribution in [0, 0.1) is 6.92 Å². The standard InChI is InChI=1S/C24H24N2.C2H2O4/c1-3-14-26-15-12-19(13-16-26)23-17-20-9-5-7-11-22(20)24(25-23)21-10-6-4-8-18(21)2;3-1(4)2(5)6/h3-12,17H,1,13-16H2,2H3;(H,3,4)(H,5,6)/p-2. The molecule has 0 unspecified atom stereocenters. The molecule has 0 radical (unpaired) electrons. The van der Waals surface area contributed by atoms with E-state index in [4.69, 9.17) is 24.8 Å². The van der Waals surface area contributed by atoms with E-state index in [1.807, 2.05) is 6.08 Å². The van der Waals surface area contributed by atoms with Crippen molar-refractivity contribution in [2.75, 3.05) is 19.6 Å². The molecule has 4 rings (SSSR count). The average molecular weight is 428 g/mol. The van der Waals surface area contributed by atoms with Crippen LogP contribution in [0.4, 0.5) is 0 Å². The van der Waals surface area contributed by atoms with Crippen molar-refractivity contribution in [3.8, 4) is 11.3 Å². The minimum absolute atomic E-state index is 0.948. The Morgan fingerprint density at radius 1 is 1.09 bits per heavy atom. The number of carbonyl (C=O) groups excluding carboxylic acids is 2. The van der Waals surface area contributed by atoms with Gasteiger partial charge in [0, 0.05) is 30.6 Å². The van der Waals surface area contributed by atoms with Gasteiger partial charge >= 0.3 is 0 Å². The molecule has 6 heteroatoms. The predicted octanol–water partition coefficient (Wildman–Crippen LogP) is 1.97. The molecule has 0 saturated heterocycles. The highest BCUT2D eigenvalue weighted by molar-refractivity contribution is 6.25. The zero-order valence-electron chi connectivity index (χ0n) is 17.9. The van der Waals surface area contributed by atoms with Gasteiger partial charge in [-0.05, 0) is 35.9 Å². The minimum Gasteiger partial charge on any atom is -0.543 e. The Labute approximate surface area is 187 Å². The summed E-state index contributed by atoms with van der Waals surface area (Å²) in [4.78, 5) is 25.4. The summed E-state index contributed by atoms with van der Waals surface area (Å²) in [5.41, 5.74) is 6.03. The maximum absolute atomic E-state index is 8.93. The summed E-state index contributed by atoms with van der Waals surface area (Å²) < 4.78 is 0. The third-order valence-electron chi connectivity index (χ3n) is 5.32. The minimum atomic E-state index is -2.19. The maximum Gasteiger partial charge on any atom is 0.0870 e. The third-order valence-corrected chi connectivity index (χ3v) is 5.32. The zero-order chi connectivity index (χ0) is 23.1. The van der Waals surface area contributed by atoms with Crippen LogP contribution < -0.4 is 10.2 Å². The van der Waals surface area contributed by atoms with Crippen molar-refractivity contribution in [3.05, 3.63) is 84.6 Å². The quantitative estimate of drug-likeness (QED) is 0.466. The summed E-state index contributed by atoms with van der Waals surface area (Å²) in [6, 6.07) is 19.3. The third kappa shape index (κ3) is 5.47. The van der Waals surface area contributed by atoms with Crippen LogP contribution in [-0.4, -0.2) is 41.5 Å². The second-order valence-corrected chi connectivity index (χ2v) is 7.49. The highest BCUT2D eigenvalue weighted by Gasteiger charge is 2.16. The fourth-order valence-electron chi connectivity index (χ4n) is 3.70. The van der Waals surface area contributed by atoms with Crippen molar-refractivity contribution in [1.82, 2.24) is 9.88 Å². The van der Waals surface area contributed by atoms with E-state index < -0.39 is 11.9 Å². The number of aryl methyl sites for hydroxylation is 1. The second-order valence-electron chi connectivity index (χ2n) is 7.49. The monoisotopic (exact) mass is 428 g/mol. The Hall–Kier alpha value is -3.77. The van der Waals surface area contributed by atoms with Gasteiger partial charge in [-0.1, -0.05) is 60.7 Å². The summed E-state index contributed by atoms with van der Waals surface area (Å²) >= 11 is 0. The number of benzene rings is 2. The number of fused-ring (bicyclic) bond motifs is 1. The lowest BCUT2D eigenvalue weighted by Crippen LogP contribution is -2.42. The van der Waals surface area contributed by atoms with Crippen LogP contribution in [0.1, 0.15) is 17.7 Å². The molecule has 0 bridgehead atoms. The van der Waals surface area contributed by atoms with E-state index in [1.165, 1.54) is 27.5 Å². The van der Waals surface area contributed by atoms with E-state index in [0.717, 1.165) is 37.4 Å². The number of rotatable bonds is 4. The summed E-state index contributed by atoms with van der Waals surface area (Å²) in [5.74, 6) is -4.37. The Morgan fingerprint density at radius 3 is 2.41 bits per heavy atom. The van der Waals surface area contributed by atoms with Crippen molar-refractivity contribution < 1.29 is 19.8 Å². The maximum atomic E-state index is 8.93. The van der Waals surface area contributed by atoms with Gasteiger partial charge in [0.1, 0.15) is 0 Å². The van der Waals surface area contributed by atoms with E-state index in [1.54, 1.807) is 0 Å². The van der Waals surface area contributed by atoms with Crippen molar-refractivity contribution in [1.29, 1.82) is 0 Å². The molecule has 2 heterocycles. The fourth-order valence-corrected chi connectivity index (χ4v) is 3.70. The van der Waals surface area contributed by atoms with E-state index in [0.29, 0.717) is 0 Å². The Morgan fingerprint density at radius 2 is 1.78 bits per heavy atom.